The molecule has 16 heavy (non-hydrogen) atoms. The molecule has 0 aromatic heterocycles. The van der Waals surface area contributed by atoms with Gasteiger partial charge >= 0.3 is 12.0 Å². The van der Waals surface area contributed by atoms with E-state index in [1.165, 1.54) is 0 Å². The Morgan fingerprint density at radius 1 is 1.38 bits per heavy atom. The average Bonchev–Trinajstić information content (AvgIpc) is 2.57. The molecule has 0 spiro atoms. The second-order valence-electron chi connectivity index (χ2n) is 4.86. The summed E-state index contributed by atoms with van der Waals surface area (Å²) >= 11 is 0. The Morgan fingerprint density at radius 2 is 2.06 bits per heavy atom. The maximum absolute atomic E-state index is 11.9. The zero-order valence-corrected chi connectivity index (χ0v) is 9.53. The number of likely N-dealkylation sites (tertiary alicyclic amines) is 1. The molecule has 0 aromatic carbocycles. The van der Waals surface area contributed by atoms with Gasteiger partial charge in [0.2, 0.25) is 0 Å². The molecule has 1 aliphatic carbocycles. The van der Waals surface area contributed by atoms with Crippen LogP contribution in [0.2, 0.25) is 0 Å². The van der Waals surface area contributed by atoms with E-state index in [2.05, 4.69) is 5.32 Å². The lowest BCUT2D eigenvalue weighted by molar-refractivity contribution is -0.148. The summed E-state index contributed by atoms with van der Waals surface area (Å²) in [5.41, 5.74) is -0.987. The van der Waals surface area contributed by atoms with Crippen molar-refractivity contribution in [2.45, 2.75) is 50.6 Å². The Labute approximate surface area is 94.8 Å². The normalized spacial score (nSPS) is 27.3. The average molecular weight is 226 g/mol. The fourth-order valence-corrected chi connectivity index (χ4v) is 2.43. The van der Waals surface area contributed by atoms with Crippen LogP contribution in [0.1, 0.15) is 39.0 Å². The monoisotopic (exact) mass is 226 g/mol. The largest absolute Gasteiger partial charge is 0.480 e. The van der Waals surface area contributed by atoms with E-state index in [0.29, 0.717) is 12.8 Å². The van der Waals surface area contributed by atoms with Crippen LogP contribution in [0.3, 0.4) is 0 Å². The number of rotatable bonds is 2. The Bertz CT molecular complexity index is 312. The molecular weight excluding hydrogens is 208 g/mol. The van der Waals surface area contributed by atoms with Gasteiger partial charge in [0, 0.05) is 12.6 Å². The van der Waals surface area contributed by atoms with Crippen LogP contribution in [0.15, 0.2) is 0 Å². The molecule has 0 aromatic rings. The van der Waals surface area contributed by atoms with Gasteiger partial charge in [-0.3, -0.25) is 0 Å². The third kappa shape index (κ3) is 1.74. The van der Waals surface area contributed by atoms with Crippen LogP contribution in [0.4, 0.5) is 4.79 Å². The van der Waals surface area contributed by atoms with E-state index in [9.17, 15) is 9.59 Å². The molecule has 1 saturated heterocycles. The van der Waals surface area contributed by atoms with Crippen LogP contribution in [-0.2, 0) is 4.79 Å². The van der Waals surface area contributed by atoms with E-state index >= 15 is 0 Å². The van der Waals surface area contributed by atoms with Gasteiger partial charge in [0.05, 0.1) is 0 Å². The molecule has 2 aliphatic rings. The number of aliphatic carboxylic acids is 1. The smallest absolute Gasteiger partial charge is 0.329 e. The van der Waals surface area contributed by atoms with E-state index < -0.39 is 11.5 Å². The summed E-state index contributed by atoms with van der Waals surface area (Å²) in [4.78, 5) is 24.8. The van der Waals surface area contributed by atoms with Crippen molar-refractivity contribution in [2.75, 3.05) is 6.54 Å². The SMILES string of the molecule is CC1CCCN1C(=O)NC1(C(=O)O)CCC1. The number of carboxylic acid groups (broad SMARTS) is 1. The van der Waals surface area contributed by atoms with Gasteiger partial charge in [-0.15, -0.1) is 0 Å². The van der Waals surface area contributed by atoms with Crippen LogP contribution in [0.25, 0.3) is 0 Å². The van der Waals surface area contributed by atoms with E-state index in [1.54, 1.807) is 4.90 Å². The molecule has 0 radical (unpaired) electrons. The maximum atomic E-state index is 11.9. The van der Waals surface area contributed by atoms with Gasteiger partial charge < -0.3 is 15.3 Å². The number of hydrogen-bond donors (Lipinski definition) is 2. The molecule has 5 nitrogen and oxygen atoms in total. The quantitative estimate of drug-likeness (QED) is 0.743. The van der Waals surface area contributed by atoms with E-state index in [4.69, 9.17) is 5.11 Å². The first-order valence-corrected chi connectivity index (χ1v) is 5.87. The van der Waals surface area contributed by atoms with Crippen LogP contribution >= 0.6 is 0 Å². The molecule has 2 N–H and O–H groups in total. The maximum Gasteiger partial charge on any atom is 0.329 e. The Kier molecular flexibility index (Phi) is 2.78. The van der Waals surface area contributed by atoms with Crippen molar-refractivity contribution in [1.29, 1.82) is 0 Å². The fraction of sp³-hybridized carbons (Fsp3) is 0.818. The number of carbonyl (C=O) groups excluding carboxylic acids is 1. The Morgan fingerprint density at radius 3 is 2.44 bits per heavy atom. The minimum atomic E-state index is -0.987. The van der Waals surface area contributed by atoms with Crippen molar-refractivity contribution in [3.8, 4) is 0 Å². The summed E-state index contributed by atoms with van der Waals surface area (Å²) in [5.74, 6) is -0.904. The second-order valence-corrected chi connectivity index (χ2v) is 4.86. The van der Waals surface area contributed by atoms with E-state index in [0.717, 1.165) is 25.8 Å². The molecule has 2 fully saturated rings. The first kappa shape index (κ1) is 11.2. The summed E-state index contributed by atoms with van der Waals surface area (Å²) < 4.78 is 0. The van der Waals surface area contributed by atoms with E-state index in [-0.39, 0.29) is 12.1 Å². The highest BCUT2D eigenvalue weighted by molar-refractivity contribution is 5.87. The van der Waals surface area contributed by atoms with Crippen molar-refractivity contribution in [3.05, 3.63) is 0 Å². The molecule has 1 unspecified atom stereocenters. The Hall–Kier alpha value is -1.26. The van der Waals surface area contributed by atoms with Crippen LogP contribution in [-0.4, -0.2) is 40.1 Å². The highest BCUT2D eigenvalue weighted by atomic mass is 16.4. The van der Waals surface area contributed by atoms with Gasteiger partial charge in [0.1, 0.15) is 5.54 Å². The number of urea groups is 1. The predicted molar refractivity (Wildman–Crippen MR) is 58.2 cm³/mol. The third-order valence-corrected chi connectivity index (χ3v) is 3.78. The zero-order valence-electron chi connectivity index (χ0n) is 9.53. The molecular formula is C11H18N2O3. The summed E-state index contributed by atoms with van der Waals surface area (Å²) in [5, 5.41) is 11.8. The van der Waals surface area contributed by atoms with Crippen LogP contribution < -0.4 is 5.32 Å². The molecule has 0 bridgehead atoms. The minimum Gasteiger partial charge on any atom is -0.480 e. The fourth-order valence-electron chi connectivity index (χ4n) is 2.43. The lowest BCUT2D eigenvalue weighted by atomic mass is 9.77. The summed E-state index contributed by atoms with van der Waals surface area (Å²) in [7, 11) is 0. The summed E-state index contributed by atoms with van der Waals surface area (Å²) in [6, 6.07) is 0.0121. The van der Waals surface area contributed by atoms with Gasteiger partial charge in [-0.25, -0.2) is 9.59 Å². The topological polar surface area (TPSA) is 69.6 Å². The van der Waals surface area contributed by atoms with Crippen molar-refractivity contribution < 1.29 is 14.7 Å². The Balaban J connectivity index is 1.98. The number of amides is 2. The number of hydrogen-bond acceptors (Lipinski definition) is 2. The highest BCUT2D eigenvalue weighted by Gasteiger charge is 2.46. The van der Waals surface area contributed by atoms with Crippen molar-refractivity contribution >= 4 is 12.0 Å². The molecule has 2 rings (SSSR count). The van der Waals surface area contributed by atoms with Crippen LogP contribution in [0, 0.1) is 0 Å². The minimum absolute atomic E-state index is 0.216. The molecule has 90 valence electrons. The molecule has 2 amide bonds. The van der Waals surface area contributed by atoms with Gasteiger partial charge in [0.15, 0.2) is 0 Å². The van der Waals surface area contributed by atoms with Crippen LogP contribution in [0.5, 0.6) is 0 Å². The standard InChI is InChI=1S/C11H18N2O3/c1-8-4-2-7-13(8)10(16)12-11(9(14)15)5-3-6-11/h8H,2-7H2,1H3,(H,12,16)(H,14,15). The first-order chi connectivity index (χ1) is 7.55. The number of nitrogens with one attached hydrogen (secondary N) is 1. The van der Waals surface area contributed by atoms with Gasteiger partial charge in [-0.2, -0.15) is 0 Å². The van der Waals surface area contributed by atoms with Crippen molar-refractivity contribution in [1.82, 2.24) is 10.2 Å². The lowest BCUT2D eigenvalue weighted by Crippen LogP contribution is -2.61. The van der Waals surface area contributed by atoms with E-state index in [1.807, 2.05) is 6.92 Å². The molecule has 5 heteroatoms. The molecule has 1 heterocycles. The number of carbonyl (C=O) groups is 2. The lowest BCUT2D eigenvalue weighted by Gasteiger charge is -2.39. The number of nitrogens with zero attached hydrogens (tertiary/aromatic N) is 1. The van der Waals surface area contributed by atoms with Gasteiger partial charge in [-0.1, -0.05) is 0 Å². The summed E-state index contributed by atoms with van der Waals surface area (Å²) in [6.07, 6.45) is 4.00. The third-order valence-electron chi connectivity index (χ3n) is 3.78. The van der Waals surface area contributed by atoms with Gasteiger partial charge in [0.25, 0.3) is 0 Å². The zero-order chi connectivity index (χ0) is 11.8. The first-order valence-electron chi connectivity index (χ1n) is 5.87. The van der Waals surface area contributed by atoms with Crippen molar-refractivity contribution in [2.24, 2.45) is 0 Å². The summed E-state index contributed by atoms with van der Waals surface area (Å²) in [6.45, 7) is 2.74. The molecule has 1 atom stereocenters. The number of carboxylic acids is 1. The second kappa shape index (κ2) is 3.96. The molecule has 1 aliphatic heterocycles. The molecule has 1 saturated carbocycles. The predicted octanol–water partition coefficient (Wildman–Crippen LogP) is 1.19. The van der Waals surface area contributed by atoms with Crippen molar-refractivity contribution in [3.63, 3.8) is 0 Å². The van der Waals surface area contributed by atoms with Gasteiger partial charge in [-0.05, 0) is 39.0 Å². The highest BCUT2D eigenvalue weighted by Crippen LogP contribution is 2.32.